The maximum atomic E-state index is 6.27. The highest BCUT2D eigenvalue weighted by molar-refractivity contribution is 7.98. The molecule has 29 heavy (non-hydrogen) atoms. The zero-order valence-corrected chi connectivity index (χ0v) is 18.1. The Morgan fingerprint density at radius 2 is 1.69 bits per heavy atom. The third-order valence-corrected chi connectivity index (χ3v) is 5.67. The maximum absolute atomic E-state index is 6.27. The van der Waals surface area contributed by atoms with Crippen LogP contribution in [0.2, 0.25) is 10.0 Å². The molecule has 0 aliphatic carbocycles. The molecule has 148 valence electrons. The second kappa shape index (κ2) is 8.10. The number of aromatic nitrogens is 4. The van der Waals surface area contributed by atoms with Gasteiger partial charge in [-0.3, -0.25) is 4.57 Å². The van der Waals surface area contributed by atoms with Gasteiger partial charge in [0.1, 0.15) is 11.6 Å². The van der Waals surface area contributed by atoms with E-state index >= 15 is 0 Å². The van der Waals surface area contributed by atoms with Gasteiger partial charge >= 0.3 is 0 Å². The van der Waals surface area contributed by atoms with Gasteiger partial charge in [-0.1, -0.05) is 35.0 Å². The predicted molar refractivity (Wildman–Crippen MR) is 117 cm³/mol. The smallest absolute Gasteiger partial charge is 0.189 e. The molecule has 0 saturated carbocycles. The molecule has 0 radical (unpaired) electrons. The van der Waals surface area contributed by atoms with Gasteiger partial charge in [-0.25, -0.2) is 15.0 Å². The normalized spacial score (nSPS) is 11.1. The molecule has 0 fully saturated rings. The average Bonchev–Trinajstić information content (AvgIpc) is 3.12. The molecule has 2 aromatic heterocycles. The van der Waals surface area contributed by atoms with E-state index in [0.717, 1.165) is 16.6 Å². The number of rotatable bonds is 5. The van der Waals surface area contributed by atoms with E-state index in [1.54, 1.807) is 32.5 Å². The fourth-order valence-corrected chi connectivity index (χ4v) is 3.67. The zero-order chi connectivity index (χ0) is 20.5. The first-order chi connectivity index (χ1) is 14.0. The van der Waals surface area contributed by atoms with Gasteiger partial charge in [-0.2, -0.15) is 0 Å². The molecule has 0 saturated heterocycles. The number of benzene rings is 2. The summed E-state index contributed by atoms with van der Waals surface area (Å²) in [5.41, 5.74) is 2.35. The van der Waals surface area contributed by atoms with Crippen molar-refractivity contribution >= 4 is 46.0 Å². The van der Waals surface area contributed by atoms with E-state index in [2.05, 4.69) is 9.97 Å². The Labute approximate surface area is 181 Å². The van der Waals surface area contributed by atoms with E-state index in [-0.39, 0.29) is 0 Å². The van der Waals surface area contributed by atoms with Gasteiger partial charge in [0, 0.05) is 23.9 Å². The highest BCUT2D eigenvalue weighted by Crippen LogP contribution is 2.37. The Balaban J connectivity index is 2.06. The van der Waals surface area contributed by atoms with Crippen LogP contribution in [0.15, 0.2) is 47.8 Å². The standard InChI is InChI=1S/C20H16Cl2N4O2S/c1-27-16-9-14-15(10-17(16)28-2)26(18-6-7-23-20(25-18)29-3)19(24-14)11-4-5-12(21)13(22)8-11/h4-10H,1-3H3. The Bertz CT molecular complexity index is 1210. The molecule has 6 nitrogen and oxygen atoms in total. The summed E-state index contributed by atoms with van der Waals surface area (Å²) in [4.78, 5) is 13.8. The number of halogens is 2. The molecule has 0 unspecified atom stereocenters. The molecule has 0 N–H and O–H groups in total. The predicted octanol–water partition coefficient (Wildman–Crippen LogP) is 5.53. The summed E-state index contributed by atoms with van der Waals surface area (Å²) in [6, 6.07) is 10.9. The van der Waals surface area contributed by atoms with Crippen LogP contribution >= 0.6 is 35.0 Å². The van der Waals surface area contributed by atoms with Crippen molar-refractivity contribution in [2.75, 3.05) is 20.5 Å². The fraction of sp³-hybridized carbons (Fsp3) is 0.150. The number of thioether (sulfide) groups is 1. The summed E-state index contributed by atoms with van der Waals surface area (Å²) >= 11 is 13.8. The Kier molecular flexibility index (Phi) is 5.54. The highest BCUT2D eigenvalue weighted by Gasteiger charge is 2.19. The van der Waals surface area contributed by atoms with Crippen LogP contribution in [-0.2, 0) is 0 Å². The summed E-state index contributed by atoms with van der Waals surface area (Å²) in [7, 11) is 3.19. The number of ether oxygens (including phenoxy) is 2. The molecule has 0 aliphatic heterocycles. The number of hydrogen-bond acceptors (Lipinski definition) is 6. The molecule has 0 aliphatic rings. The van der Waals surface area contributed by atoms with Crippen molar-refractivity contribution in [1.82, 2.24) is 19.5 Å². The van der Waals surface area contributed by atoms with Gasteiger partial charge in [0.15, 0.2) is 16.7 Å². The number of hydrogen-bond donors (Lipinski definition) is 0. The molecule has 9 heteroatoms. The topological polar surface area (TPSA) is 62.1 Å². The number of methoxy groups -OCH3 is 2. The first kappa shape index (κ1) is 19.8. The lowest BCUT2D eigenvalue weighted by atomic mass is 10.2. The second-order valence-electron chi connectivity index (χ2n) is 6.00. The van der Waals surface area contributed by atoms with Crippen LogP contribution in [0.3, 0.4) is 0 Å². The van der Waals surface area contributed by atoms with Crippen LogP contribution in [0.4, 0.5) is 0 Å². The van der Waals surface area contributed by atoms with Crippen LogP contribution in [-0.4, -0.2) is 40.0 Å². The largest absolute Gasteiger partial charge is 0.493 e. The van der Waals surface area contributed by atoms with Crippen molar-refractivity contribution in [2.24, 2.45) is 0 Å². The third-order valence-electron chi connectivity index (χ3n) is 4.37. The van der Waals surface area contributed by atoms with Gasteiger partial charge in [0.25, 0.3) is 0 Å². The van der Waals surface area contributed by atoms with Gasteiger partial charge in [0.05, 0.1) is 35.3 Å². The van der Waals surface area contributed by atoms with E-state index < -0.39 is 0 Å². The van der Waals surface area contributed by atoms with Gasteiger partial charge in [0.2, 0.25) is 0 Å². The van der Waals surface area contributed by atoms with Crippen LogP contribution < -0.4 is 9.47 Å². The SMILES string of the molecule is COc1cc2nc(-c3ccc(Cl)c(Cl)c3)n(-c3ccnc(SC)n3)c2cc1OC. The van der Waals surface area contributed by atoms with E-state index in [0.29, 0.717) is 38.3 Å². The molecular weight excluding hydrogens is 431 g/mol. The number of imidazole rings is 1. The summed E-state index contributed by atoms with van der Waals surface area (Å²) in [6.45, 7) is 0. The van der Waals surface area contributed by atoms with Crippen molar-refractivity contribution in [3.05, 3.63) is 52.6 Å². The average molecular weight is 447 g/mol. The van der Waals surface area contributed by atoms with E-state index in [1.807, 2.05) is 35.1 Å². The molecular formula is C20H16Cl2N4O2S. The quantitative estimate of drug-likeness (QED) is 0.296. The summed E-state index contributed by atoms with van der Waals surface area (Å²) in [5.74, 6) is 2.54. The van der Waals surface area contributed by atoms with Crippen molar-refractivity contribution < 1.29 is 9.47 Å². The van der Waals surface area contributed by atoms with Crippen LogP contribution in [0.1, 0.15) is 0 Å². The van der Waals surface area contributed by atoms with Crippen molar-refractivity contribution in [3.63, 3.8) is 0 Å². The lowest BCUT2D eigenvalue weighted by Gasteiger charge is -2.11. The van der Waals surface area contributed by atoms with Gasteiger partial charge in [-0.15, -0.1) is 0 Å². The van der Waals surface area contributed by atoms with Crippen molar-refractivity contribution in [1.29, 1.82) is 0 Å². The van der Waals surface area contributed by atoms with E-state index in [9.17, 15) is 0 Å². The monoisotopic (exact) mass is 446 g/mol. The van der Waals surface area contributed by atoms with E-state index in [4.69, 9.17) is 37.7 Å². The second-order valence-corrected chi connectivity index (χ2v) is 7.58. The number of nitrogens with zero attached hydrogens (tertiary/aromatic N) is 4. The third kappa shape index (κ3) is 3.61. The van der Waals surface area contributed by atoms with Crippen molar-refractivity contribution in [2.45, 2.75) is 5.16 Å². The molecule has 0 amide bonds. The number of fused-ring (bicyclic) bond motifs is 1. The maximum Gasteiger partial charge on any atom is 0.189 e. The molecule has 0 bridgehead atoms. The first-order valence-electron chi connectivity index (χ1n) is 8.53. The van der Waals surface area contributed by atoms with Crippen LogP contribution in [0, 0.1) is 0 Å². The van der Waals surface area contributed by atoms with Crippen LogP contribution in [0.25, 0.3) is 28.2 Å². The Morgan fingerprint density at radius 1 is 0.931 bits per heavy atom. The fourth-order valence-electron chi connectivity index (χ4n) is 3.02. The lowest BCUT2D eigenvalue weighted by Crippen LogP contribution is -2.02. The molecule has 2 aromatic carbocycles. The lowest BCUT2D eigenvalue weighted by molar-refractivity contribution is 0.355. The molecule has 4 rings (SSSR count). The van der Waals surface area contributed by atoms with E-state index in [1.165, 1.54) is 11.8 Å². The summed E-state index contributed by atoms with van der Waals surface area (Å²) in [6.07, 6.45) is 3.65. The Hall–Kier alpha value is -2.48. The Morgan fingerprint density at radius 3 is 2.38 bits per heavy atom. The summed E-state index contributed by atoms with van der Waals surface area (Å²) in [5, 5.41) is 1.59. The molecule has 4 aromatic rings. The van der Waals surface area contributed by atoms with Crippen LogP contribution in [0.5, 0.6) is 11.5 Å². The van der Waals surface area contributed by atoms with Gasteiger partial charge < -0.3 is 9.47 Å². The summed E-state index contributed by atoms with van der Waals surface area (Å²) < 4.78 is 12.9. The molecule has 0 atom stereocenters. The zero-order valence-electron chi connectivity index (χ0n) is 15.8. The first-order valence-corrected chi connectivity index (χ1v) is 10.5. The molecule has 2 heterocycles. The van der Waals surface area contributed by atoms with Crippen molar-refractivity contribution in [3.8, 4) is 28.7 Å². The molecule has 0 spiro atoms. The highest BCUT2D eigenvalue weighted by atomic mass is 35.5. The minimum Gasteiger partial charge on any atom is -0.493 e. The van der Waals surface area contributed by atoms with Gasteiger partial charge in [-0.05, 0) is 30.5 Å². The minimum absolute atomic E-state index is 0.449. The minimum atomic E-state index is 0.449.